The first-order valence-corrected chi connectivity index (χ1v) is 9.50. The van der Waals surface area contributed by atoms with Gasteiger partial charge in [0.2, 0.25) is 0 Å². The van der Waals surface area contributed by atoms with Gasteiger partial charge in [-0.05, 0) is 19.2 Å². The number of nitrogen functional groups attached to an aromatic ring is 1. The summed E-state index contributed by atoms with van der Waals surface area (Å²) in [4.78, 5) is 21.8. The quantitative estimate of drug-likeness (QED) is 0.337. The zero-order valence-electron chi connectivity index (χ0n) is 13.2. The number of carbonyl (C=O) groups excluding carboxylic acids is 1. The van der Waals surface area contributed by atoms with Gasteiger partial charge in [0.1, 0.15) is 10.6 Å². The number of non-ortho nitro benzene ring substituents is 1. The van der Waals surface area contributed by atoms with E-state index in [1.807, 2.05) is 0 Å². The van der Waals surface area contributed by atoms with Gasteiger partial charge in [-0.15, -0.1) is 20.9 Å². The lowest BCUT2D eigenvalue weighted by molar-refractivity contribution is -0.385. The minimum Gasteiger partial charge on any atom is -0.462 e. The van der Waals surface area contributed by atoms with E-state index in [0.29, 0.717) is 4.09 Å². The monoisotopic (exact) mass is 386 g/mol. The molecular weight excluding hydrogens is 372 g/mol. The Labute approximate surface area is 147 Å². The van der Waals surface area contributed by atoms with Gasteiger partial charge in [0.05, 0.1) is 16.4 Å². The summed E-state index contributed by atoms with van der Waals surface area (Å²) in [5, 5.41) is 14.5. The largest absolute Gasteiger partial charge is 0.462 e. The molecule has 2 N–H and O–H groups in total. The average Bonchev–Trinajstić information content (AvgIpc) is 2.92. The van der Waals surface area contributed by atoms with Crippen LogP contribution in [0.4, 0.5) is 11.5 Å². The molecule has 0 saturated heterocycles. The number of anilines is 1. The Morgan fingerprint density at radius 1 is 1.48 bits per heavy atom. The Morgan fingerprint density at radius 2 is 2.16 bits per heavy atom. The topological polar surface area (TPSA) is 147 Å². The van der Waals surface area contributed by atoms with Crippen LogP contribution < -0.4 is 5.73 Å². The van der Waals surface area contributed by atoms with Crippen LogP contribution in [0.15, 0.2) is 34.2 Å². The van der Waals surface area contributed by atoms with Crippen LogP contribution in [-0.2, 0) is 14.8 Å². The van der Waals surface area contributed by atoms with Gasteiger partial charge in [-0.25, -0.2) is 4.79 Å². The summed E-state index contributed by atoms with van der Waals surface area (Å²) in [6, 6.07) is 4.49. The molecule has 0 amide bonds. The summed E-state index contributed by atoms with van der Waals surface area (Å²) >= 11 is 0.936. The van der Waals surface area contributed by atoms with E-state index >= 15 is 0 Å². The first kappa shape index (κ1) is 18.7. The van der Waals surface area contributed by atoms with Crippen molar-refractivity contribution in [2.45, 2.75) is 16.8 Å². The molecule has 25 heavy (non-hydrogen) atoms. The average molecular weight is 386 g/mol. The summed E-state index contributed by atoms with van der Waals surface area (Å²) in [6.07, 6.45) is 1.54. The van der Waals surface area contributed by atoms with Crippen molar-refractivity contribution in [3.05, 3.63) is 39.9 Å². The second-order valence-corrected chi connectivity index (χ2v) is 7.15. The van der Waals surface area contributed by atoms with E-state index < -0.39 is 26.6 Å². The van der Waals surface area contributed by atoms with Crippen LogP contribution >= 0.6 is 11.8 Å². The molecule has 0 spiro atoms. The van der Waals surface area contributed by atoms with Gasteiger partial charge < -0.3 is 10.5 Å². The summed E-state index contributed by atoms with van der Waals surface area (Å²) in [7, 11) is -4.30. The molecule has 0 aliphatic carbocycles. The van der Waals surface area contributed by atoms with Gasteiger partial charge in [0.15, 0.2) is 5.82 Å². The maximum absolute atomic E-state index is 12.8. The van der Waals surface area contributed by atoms with Crippen molar-refractivity contribution < 1.29 is 22.9 Å². The van der Waals surface area contributed by atoms with Crippen LogP contribution in [0.3, 0.4) is 0 Å². The van der Waals surface area contributed by atoms with Crippen molar-refractivity contribution in [1.82, 2.24) is 9.19 Å². The van der Waals surface area contributed by atoms with Crippen molar-refractivity contribution in [3.63, 3.8) is 0 Å². The number of hydrogen-bond acceptors (Lipinski definition) is 9. The SMILES string of the molecule is CCOC(=O)c1c(N)nn(S(=O)(=O)c2cccc([N+](=O)[O-])c2)c1SC. The summed E-state index contributed by atoms with van der Waals surface area (Å²) in [6.45, 7) is 1.67. The van der Waals surface area contributed by atoms with E-state index in [-0.39, 0.29) is 27.9 Å². The molecule has 1 aromatic carbocycles. The third-order valence-electron chi connectivity index (χ3n) is 3.07. The first-order chi connectivity index (χ1) is 11.7. The van der Waals surface area contributed by atoms with Crippen molar-refractivity contribution in [1.29, 1.82) is 0 Å². The lowest BCUT2D eigenvalue weighted by Gasteiger charge is -2.08. The molecule has 1 aromatic heterocycles. The number of nitro groups is 1. The van der Waals surface area contributed by atoms with Gasteiger partial charge in [-0.1, -0.05) is 6.07 Å². The summed E-state index contributed by atoms with van der Waals surface area (Å²) < 4.78 is 31.0. The molecule has 0 aliphatic heterocycles. The van der Waals surface area contributed by atoms with E-state index in [1.54, 1.807) is 13.2 Å². The van der Waals surface area contributed by atoms with Gasteiger partial charge in [0.25, 0.3) is 15.7 Å². The van der Waals surface area contributed by atoms with Gasteiger partial charge in [-0.3, -0.25) is 10.1 Å². The zero-order chi connectivity index (χ0) is 18.8. The molecule has 2 aromatic rings. The highest BCUT2D eigenvalue weighted by molar-refractivity contribution is 7.99. The molecule has 0 bridgehead atoms. The van der Waals surface area contributed by atoms with E-state index in [0.717, 1.165) is 23.9 Å². The van der Waals surface area contributed by atoms with E-state index in [4.69, 9.17) is 10.5 Å². The number of carbonyl (C=O) groups is 1. The molecule has 0 atom stereocenters. The van der Waals surface area contributed by atoms with Crippen LogP contribution in [0.25, 0.3) is 0 Å². The zero-order valence-corrected chi connectivity index (χ0v) is 14.8. The fourth-order valence-electron chi connectivity index (χ4n) is 1.99. The van der Waals surface area contributed by atoms with Gasteiger partial charge in [0, 0.05) is 12.1 Å². The number of rotatable bonds is 6. The van der Waals surface area contributed by atoms with Crippen molar-refractivity contribution >= 4 is 39.3 Å². The molecule has 0 fully saturated rings. The predicted molar refractivity (Wildman–Crippen MR) is 90.1 cm³/mol. The summed E-state index contributed by atoms with van der Waals surface area (Å²) in [5.41, 5.74) is 5.13. The Balaban J connectivity index is 2.65. The molecule has 2 rings (SSSR count). The number of nitrogens with zero attached hydrogens (tertiary/aromatic N) is 3. The molecule has 1 heterocycles. The number of nitro benzene ring substituents is 1. The highest BCUT2D eigenvalue weighted by Gasteiger charge is 2.30. The molecule has 134 valence electrons. The second kappa shape index (κ2) is 7.11. The Bertz CT molecular complexity index is 938. The second-order valence-electron chi connectivity index (χ2n) is 4.59. The Hall–Kier alpha value is -2.60. The van der Waals surface area contributed by atoms with E-state index in [1.165, 1.54) is 12.1 Å². The lowest BCUT2D eigenvalue weighted by atomic mass is 10.3. The summed E-state index contributed by atoms with van der Waals surface area (Å²) in [5.74, 6) is -1.11. The van der Waals surface area contributed by atoms with E-state index in [2.05, 4.69) is 5.10 Å². The molecule has 0 aliphatic rings. The number of aromatic nitrogens is 2. The highest BCUT2D eigenvalue weighted by atomic mass is 32.2. The molecular formula is C13H14N4O6S2. The predicted octanol–water partition coefficient (Wildman–Crippen LogP) is 1.51. The normalized spacial score (nSPS) is 11.3. The number of benzene rings is 1. The maximum atomic E-state index is 12.8. The Morgan fingerprint density at radius 3 is 2.72 bits per heavy atom. The number of nitrogens with two attached hydrogens (primary N) is 1. The highest BCUT2D eigenvalue weighted by Crippen LogP contribution is 2.30. The third-order valence-corrected chi connectivity index (χ3v) is 5.52. The smallest absolute Gasteiger partial charge is 0.344 e. The van der Waals surface area contributed by atoms with Crippen LogP contribution in [0.1, 0.15) is 17.3 Å². The Kier molecular flexibility index (Phi) is 5.33. The minimum absolute atomic E-state index is 0.0394. The molecule has 0 radical (unpaired) electrons. The maximum Gasteiger partial charge on any atom is 0.344 e. The standard InChI is InChI=1S/C13H14N4O6S2/c1-3-23-13(18)10-11(14)15-16(12(10)24-2)25(21,22)9-6-4-5-8(7-9)17(19)20/h4-7H,3H2,1-2H3,(H2,14,15). The van der Waals surface area contributed by atoms with Gasteiger partial charge >= 0.3 is 5.97 Å². The van der Waals surface area contributed by atoms with Crippen LogP contribution in [0.5, 0.6) is 0 Å². The third kappa shape index (κ3) is 3.44. The molecule has 0 unspecified atom stereocenters. The number of ether oxygens (including phenoxy) is 1. The van der Waals surface area contributed by atoms with Crippen molar-refractivity contribution in [3.8, 4) is 0 Å². The van der Waals surface area contributed by atoms with Crippen molar-refractivity contribution in [2.24, 2.45) is 0 Å². The van der Waals surface area contributed by atoms with Crippen LogP contribution in [0.2, 0.25) is 0 Å². The minimum atomic E-state index is -4.30. The fourth-order valence-corrected chi connectivity index (χ4v) is 4.33. The van der Waals surface area contributed by atoms with Crippen molar-refractivity contribution in [2.75, 3.05) is 18.6 Å². The fraction of sp³-hybridized carbons (Fsp3) is 0.231. The lowest BCUT2D eigenvalue weighted by Crippen LogP contribution is -2.16. The van der Waals surface area contributed by atoms with Crippen LogP contribution in [-0.4, -0.2) is 41.4 Å². The van der Waals surface area contributed by atoms with Gasteiger partial charge in [-0.2, -0.15) is 8.42 Å². The number of esters is 1. The van der Waals surface area contributed by atoms with Crippen LogP contribution in [0, 0.1) is 10.1 Å². The number of hydrogen-bond donors (Lipinski definition) is 1. The number of thioether (sulfide) groups is 1. The molecule has 0 saturated carbocycles. The molecule has 10 nitrogen and oxygen atoms in total. The van der Waals surface area contributed by atoms with E-state index in [9.17, 15) is 23.3 Å². The first-order valence-electron chi connectivity index (χ1n) is 6.83. The molecule has 12 heteroatoms.